The van der Waals surface area contributed by atoms with Crippen LogP contribution in [0.4, 0.5) is 11.6 Å². The molecular formula is C13H20Cl2N4O. The maximum absolute atomic E-state index is 11.7. The van der Waals surface area contributed by atoms with Crippen molar-refractivity contribution < 1.29 is 4.79 Å². The van der Waals surface area contributed by atoms with E-state index in [4.69, 9.17) is 23.2 Å². The number of anilines is 2. The molecule has 0 aromatic carbocycles. The largest absolute Gasteiger partial charge is 0.369 e. The molecule has 1 heterocycles. The molecule has 0 bridgehead atoms. The number of nitrogens with zero attached hydrogens (tertiary/aromatic N) is 1. The van der Waals surface area contributed by atoms with E-state index in [1.54, 1.807) is 13.0 Å². The summed E-state index contributed by atoms with van der Waals surface area (Å²) in [7, 11) is 0. The molecule has 0 spiro atoms. The molecule has 1 rings (SSSR count). The van der Waals surface area contributed by atoms with E-state index >= 15 is 0 Å². The number of nitrogens with one attached hydrogen (secondary N) is 3. The molecular weight excluding hydrogens is 299 g/mol. The van der Waals surface area contributed by atoms with Crippen LogP contribution >= 0.6 is 23.2 Å². The van der Waals surface area contributed by atoms with Crippen molar-refractivity contribution in [1.29, 1.82) is 0 Å². The Kier molecular flexibility index (Phi) is 6.88. The van der Waals surface area contributed by atoms with Crippen molar-refractivity contribution in [1.82, 2.24) is 10.3 Å². The second-order valence-corrected chi connectivity index (χ2v) is 5.15. The standard InChI is InChI=1S/C13H20Cl2N4O/c1-4-6-17-11-9(14)7-10(15)12(19-11)18-8(3)13(20)16-5-2/h7-8H,4-6H2,1-3H3,(H,16,20)(H2,17,18,19). The van der Waals surface area contributed by atoms with Crippen molar-refractivity contribution in [3.63, 3.8) is 0 Å². The lowest BCUT2D eigenvalue weighted by Crippen LogP contribution is -2.37. The summed E-state index contributed by atoms with van der Waals surface area (Å²) in [6, 6.07) is 1.18. The molecule has 112 valence electrons. The minimum absolute atomic E-state index is 0.108. The fourth-order valence-electron chi connectivity index (χ4n) is 1.53. The maximum atomic E-state index is 11.7. The second kappa shape index (κ2) is 8.17. The van der Waals surface area contributed by atoms with E-state index in [2.05, 4.69) is 20.9 Å². The molecule has 5 nitrogen and oxygen atoms in total. The summed E-state index contributed by atoms with van der Waals surface area (Å²) in [5.41, 5.74) is 0. The lowest BCUT2D eigenvalue weighted by molar-refractivity contribution is -0.121. The van der Waals surface area contributed by atoms with Crippen molar-refractivity contribution >= 4 is 40.7 Å². The number of hydrogen-bond donors (Lipinski definition) is 3. The molecule has 3 N–H and O–H groups in total. The first kappa shape index (κ1) is 16.9. The van der Waals surface area contributed by atoms with Gasteiger partial charge >= 0.3 is 0 Å². The molecule has 1 aromatic rings. The van der Waals surface area contributed by atoms with Crippen LogP contribution in [0.25, 0.3) is 0 Å². The van der Waals surface area contributed by atoms with Gasteiger partial charge in [-0.05, 0) is 26.3 Å². The zero-order valence-electron chi connectivity index (χ0n) is 11.9. The monoisotopic (exact) mass is 318 g/mol. The smallest absolute Gasteiger partial charge is 0.242 e. The highest BCUT2D eigenvalue weighted by atomic mass is 35.5. The van der Waals surface area contributed by atoms with Gasteiger partial charge in [0.15, 0.2) is 0 Å². The van der Waals surface area contributed by atoms with Crippen molar-refractivity contribution in [2.75, 3.05) is 23.7 Å². The number of amides is 1. The van der Waals surface area contributed by atoms with Gasteiger partial charge < -0.3 is 16.0 Å². The van der Waals surface area contributed by atoms with Gasteiger partial charge in [0.25, 0.3) is 0 Å². The van der Waals surface area contributed by atoms with Gasteiger partial charge in [-0.2, -0.15) is 0 Å². The van der Waals surface area contributed by atoms with Crippen LogP contribution in [-0.2, 0) is 4.79 Å². The van der Waals surface area contributed by atoms with Crippen LogP contribution in [-0.4, -0.2) is 30.0 Å². The molecule has 1 unspecified atom stereocenters. The maximum Gasteiger partial charge on any atom is 0.242 e. The van der Waals surface area contributed by atoms with Crippen molar-refractivity contribution in [3.8, 4) is 0 Å². The molecule has 20 heavy (non-hydrogen) atoms. The number of carbonyl (C=O) groups excluding carboxylic acids is 1. The molecule has 1 aromatic heterocycles. The highest BCUT2D eigenvalue weighted by molar-refractivity contribution is 6.37. The molecule has 0 radical (unpaired) electrons. The lowest BCUT2D eigenvalue weighted by atomic mass is 10.3. The Morgan fingerprint density at radius 1 is 1.30 bits per heavy atom. The SMILES string of the molecule is CCCNc1nc(NC(C)C(=O)NCC)c(Cl)cc1Cl. The molecule has 0 aliphatic rings. The van der Waals surface area contributed by atoms with Crippen LogP contribution in [0.3, 0.4) is 0 Å². The van der Waals surface area contributed by atoms with Gasteiger partial charge in [-0.3, -0.25) is 4.79 Å². The van der Waals surface area contributed by atoms with Crippen LogP contribution in [0.5, 0.6) is 0 Å². The number of aromatic nitrogens is 1. The van der Waals surface area contributed by atoms with Crippen molar-refractivity contribution in [3.05, 3.63) is 16.1 Å². The molecule has 0 fully saturated rings. The summed E-state index contributed by atoms with van der Waals surface area (Å²) < 4.78 is 0. The van der Waals surface area contributed by atoms with E-state index < -0.39 is 6.04 Å². The minimum Gasteiger partial charge on any atom is -0.369 e. The lowest BCUT2D eigenvalue weighted by Gasteiger charge is -2.16. The third kappa shape index (κ3) is 4.72. The van der Waals surface area contributed by atoms with Gasteiger partial charge in [0.2, 0.25) is 5.91 Å². The Hall–Kier alpha value is -1.20. The van der Waals surface area contributed by atoms with E-state index in [0.717, 1.165) is 13.0 Å². The Balaban J connectivity index is 2.86. The minimum atomic E-state index is -0.430. The summed E-state index contributed by atoms with van der Waals surface area (Å²) in [6.45, 7) is 7.00. The van der Waals surface area contributed by atoms with E-state index in [-0.39, 0.29) is 5.91 Å². The molecule has 7 heteroatoms. The highest BCUT2D eigenvalue weighted by Crippen LogP contribution is 2.29. The number of likely N-dealkylation sites (N-methyl/N-ethyl adjacent to an activating group) is 1. The molecule has 0 saturated heterocycles. The first-order valence-corrected chi connectivity index (χ1v) is 7.39. The number of rotatable bonds is 7. The highest BCUT2D eigenvalue weighted by Gasteiger charge is 2.15. The average Bonchev–Trinajstić information content (AvgIpc) is 2.40. The summed E-state index contributed by atoms with van der Waals surface area (Å²) in [5, 5.41) is 9.67. The van der Waals surface area contributed by atoms with Crippen molar-refractivity contribution in [2.45, 2.75) is 33.2 Å². The molecule has 1 amide bonds. The van der Waals surface area contributed by atoms with E-state index in [0.29, 0.717) is 28.2 Å². The zero-order chi connectivity index (χ0) is 15.1. The second-order valence-electron chi connectivity index (χ2n) is 4.34. The summed E-state index contributed by atoms with van der Waals surface area (Å²) >= 11 is 12.2. The molecule has 1 atom stereocenters. The van der Waals surface area contributed by atoms with Gasteiger partial charge in [0, 0.05) is 13.1 Å². The van der Waals surface area contributed by atoms with E-state index in [1.807, 2.05) is 13.8 Å². The quantitative estimate of drug-likeness (QED) is 0.722. The van der Waals surface area contributed by atoms with Gasteiger partial charge in [0.1, 0.15) is 17.7 Å². The summed E-state index contributed by atoms with van der Waals surface area (Å²) in [6.07, 6.45) is 0.957. The van der Waals surface area contributed by atoms with Crippen LogP contribution < -0.4 is 16.0 Å². The molecule has 0 aliphatic heterocycles. The number of carbonyl (C=O) groups is 1. The predicted molar refractivity (Wildman–Crippen MR) is 84.8 cm³/mol. The number of hydrogen-bond acceptors (Lipinski definition) is 4. The zero-order valence-corrected chi connectivity index (χ0v) is 13.4. The molecule has 0 aliphatic carbocycles. The fourth-order valence-corrected chi connectivity index (χ4v) is 2.01. The normalized spacial score (nSPS) is 11.8. The summed E-state index contributed by atoms with van der Waals surface area (Å²) in [4.78, 5) is 16.0. The van der Waals surface area contributed by atoms with Crippen LogP contribution in [0, 0.1) is 0 Å². The Bertz CT molecular complexity index is 468. The Morgan fingerprint density at radius 3 is 2.55 bits per heavy atom. The summed E-state index contributed by atoms with van der Waals surface area (Å²) in [5.74, 6) is 0.889. The van der Waals surface area contributed by atoms with Gasteiger partial charge in [0.05, 0.1) is 10.0 Å². The topological polar surface area (TPSA) is 66.0 Å². The van der Waals surface area contributed by atoms with Gasteiger partial charge in [-0.15, -0.1) is 0 Å². The van der Waals surface area contributed by atoms with Crippen LogP contribution in [0.1, 0.15) is 27.2 Å². The molecule has 0 saturated carbocycles. The van der Waals surface area contributed by atoms with E-state index in [9.17, 15) is 4.79 Å². The van der Waals surface area contributed by atoms with E-state index in [1.165, 1.54) is 0 Å². The van der Waals surface area contributed by atoms with Gasteiger partial charge in [-0.25, -0.2) is 4.98 Å². The average molecular weight is 319 g/mol. The first-order chi connectivity index (χ1) is 9.49. The van der Waals surface area contributed by atoms with Crippen molar-refractivity contribution in [2.24, 2.45) is 0 Å². The fraction of sp³-hybridized carbons (Fsp3) is 0.538. The first-order valence-electron chi connectivity index (χ1n) is 6.63. The third-order valence-electron chi connectivity index (χ3n) is 2.57. The van der Waals surface area contributed by atoms with Crippen LogP contribution in [0.15, 0.2) is 6.07 Å². The predicted octanol–water partition coefficient (Wildman–Crippen LogP) is 3.15. The van der Waals surface area contributed by atoms with Crippen LogP contribution in [0.2, 0.25) is 10.0 Å². The van der Waals surface area contributed by atoms with Gasteiger partial charge in [-0.1, -0.05) is 30.1 Å². The Labute approximate surface area is 129 Å². The number of pyridine rings is 1. The third-order valence-corrected chi connectivity index (χ3v) is 3.15. The number of halogens is 2. The Morgan fingerprint density at radius 2 is 1.95 bits per heavy atom.